The van der Waals surface area contributed by atoms with Crippen molar-refractivity contribution in [1.82, 2.24) is 0 Å². The Kier molecular flexibility index (Phi) is 6.01. The summed E-state index contributed by atoms with van der Waals surface area (Å²) >= 11 is 0. The first kappa shape index (κ1) is 19.5. The van der Waals surface area contributed by atoms with E-state index in [4.69, 9.17) is 0 Å². The Morgan fingerprint density at radius 2 is 1.69 bits per heavy atom. The van der Waals surface area contributed by atoms with Gasteiger partial charge < -0.3 is 9.87 Å². The van der Waals surface area contributed by atoms with E-state index in [1.165, 1.54) is 19.1 Å². The highest BCUT2D eigenvalue weighted by Gasteiger charge is 2.14. The second kappa shape index (κ2) is 8.03. The third-order valence-corrected chi connectivity index (χ3v) is 4.39. The van der Waals surface area contributed by atoms with Gasteiger partial charge in [-0.1, -0.05) is 6.08 Å². The molecule has 1 aromatic carbocycles. The van der Waals surface area contributed by atoms with Crippen LogP contribution < -0.4 is 9.88 Å². The Labute approximate surface area is 151 Å². The highest BCUT2D eigenvalue weighted by molar-refractivity contribution is 7.85. The van der Waals surface area contributed by atoms with Gasteiger partial charge in [0, 0.05) is 30.3 Å². The Morgan fingerprint density at radius 3 is 2.15 bits per heavy atom. The van der Waals surface area contributed by atoms with E-state index in [9.17, 15) is 22.6 Å². The Morgan fingerprint density at radius 1 is 1.12 bits per heavy atom. The predicted molar refractivity (Wildman–Crippen MR) is 94.0 cm³/mol. The number of rotatable bonds is 6. The molecule has 0 saturated heterocycles. The summed E-state index contributed by atoms with van der Waals surface area (Å²) in [4.78, 5) is 23.2. The summed E-state index contributed by atoms with van der Waals surface area (Å²) in [6.45, 7) is 3.47. The average Bonchev–Trinajstić information content (AvgIpc) is 2.56. The normalized spacial score (nSPS) is 11.9. The molecule has 2 rings (SSSR count). The first-order valence-electron chi connectivity index (χ1n) is 7.73. The van der Waals surface area contributed by atoms with Gasteiger partial charge in [-0.05, 0) is 36.8 Å². The molecular weight excluding hydrogens is 356 g/mol. The maximum atomic E-state index is 12.5. The van der Waals surface area contributed by atoms with Crippen LogP contribution in [-0.2, 0) is 26.3 Å². The van der Waals surface area contributed by atoms with E-state index in [1.807, 2.05) is 0 Å². The standard InChI is InChI=1S/C18H18N2O5S/c1-3-17(14-8-10-20(11-9-14)12-13(2)21)18(22)19-15-4-6-16(7-5-15)26(23,24)25/h3-11H,12H2,1-2H3,(H-,19,22,23,24,25)/b17-3-. The quantitative estimate of drug-likeness (QED) is 0.468. The van der Waals surface area contributed by atoms with E-state index in [2.05, 4.69) is 5.32 Å². The summed E-state index contributed by atoms with van der Waals surface area (Å²) in [5.41, 5.74) is 1.45. The largest absolute Gasteiger partial charge is 0.744 e. The summed E-state index contributed by atoms with van der Waals surface area (Å²) in [7, 11) is -4.53. The van der Waals surface area contributed by atoms with E-state index in [1.54, 1.807) is 42.1 Å². The Bertz CT molecular complexity index is 946. The second-order valence-electron chi connectivity index (χ2n) is 5.60. The second-order valence-corrected chi connectivity index (χ2v) is 6.98. The number of hydrogen-bond donors (Lipinski definition) is 1. The zero-order chi connectivity index (χ0) is 19.3. The van der Waals surface area contributed by atoms with Crippen molar-refractivity contribution in [3.63, 3.8) is 0 Å². The van der Waals surface area contributed by atoms with E-state index in [0.29, 0.717) is 16.8 Å². The van der Waals surface area contributed by atoms with Crippen molar-refractivity contribution in [3.05, 3.63) is 60.4 Å². The number of carbonyl (C=O) groups excluding carboxylic acids is 2. The molecule has 0 aliphatic heterocycles. The molecule has 0 bridgehead atoms. The number of aromatic nitrogens is 1. The van der Waals surface area contributed by atoms with Crippen molar-refractivity contribution in [2.24, 2.45) is 0 Å². The fraction of sp³-hybridized carbons (Fsp3) is 0.167. The lowest BCUT2D eigenvalue weighted by molar-refractivity contribution is -0.684. The third kappa shape index (κ3) is 5.08. The van der Waals surface area contributed by atoms with Crippen LogP contribution in [0.2, 0.25) is 0 Å². The highest BCUT2D eigenvalue weighted by Crippen LogP contribution is 2.18. The molecule has 1 aromatic heterocycles. The molecule has 1 heterocycles. The number of nitrogens with one attached hydrogen (secondary N) is 1. The van der Waals surface area contributed by atoms with Crippen molar-refractivity contribution in [3.8, 4) is 0 Å². The van der Waals surface area contributed by atoms with Crippen molar-refractivity contribution >= 4 is 33.1 Å². The highest BCUT2D eigenvalue weighted by atomic mass is 32.2. The number of amides is 1. The zero-order valence-electron chi connectivity index (χ0n) is 14.3. The Balaban J connectivity index is 2.15. The molecule has 0 saturated carbocycles. The first-order valence-corrected chi connectivity index (χ1v) is 9.14. The lowest BCUT2D eigenvalue weighted by atomic mass is 10.1. The van der Waals surface area contributed by atoms with Gasteiger partial charge in [-0.2, -0.15) is 4.57 Å². The minimum Gasteiger partial charge on any atom is -0.744 e. The van der Waals surface area contributed by atoms with E-state index in [0.717, 1.165) is 12.1 Å². The van der Waals surface area contributed by atoms with Crippen LogP contribution in [0.3, 0.4) is 0 Å². The molecule has 26 heavy (non-hydrogen) atoms. The smallest absolute Gasteiger partial charge is 0.255 e. The maximum Gasteiger partial charge on any atom is 0.255 e. The van der Waals surface area contributed by atoms with Gasteiger partial charge >= 0.3 is 0 Å². The summed E-state index contributed by atoms with van der Waals surface area (Å²) in [6, 6.07) is 8.43. The third-order valence-electron chi connectivity index (χ3n) is 3.54. The van der Waals surface area contributed by atoms with Crippen LogP contribution in [0, 0.1) is 0 Å². The van der Waals surface area contributed by atoms with E-state index < -0.39 is 10.1 Å². The van der Waals surface area contributed by atoms with Gasteiger partial charge in [0.2, 0.25) is 6.54 Å². The van der Waals surface area contributed by atoms with Crippen LogP contribution in [0.4, 0.5) is 5.69 Å². The van der Waals surface area contributed by atoms with Crippen LogP contribution >= 0.6 is 0 Å². The lowest BCUT2D eigenvalue weighted by Gasteiger charge is -2.10. The first-order chi connectivity index (χ1) is 12.2. The Hall–Kier alpha value is -2.84. The number of hydrogen-bond acceptors (Lipinski definition) is 5. The molecule has 0 fully saturated rings. The van der Waals surface area contributed by atoms with Crippen molar-refractivity contribution in [2.75, 3.05) is 5.32 Å². The lowest BCUT2D eigenvalue weighted by Crippen LogP contribution is -2.36. The molecule has 0 spiro atoms. The van der Waals surface area contributed by atoms with E-state index >= 15 is 0 Å². The number of pyridine rings is 1. The van der Waals surface area contributed by atoms with Gasteiger partial charge in [-0.25, -0.2) is 8.42 Å². The molecule has 136 valence electrons. The number of anilines is 1. The summed E-state index contributed by atoms with van der Waals surface area (Å²) in [6.07, 6.45) is 5.07. The van der Waals surface area contributed by atoms with Crippen molar-refractivity contribution in [1.29, 1.82) is 0 Å². The number of ketones is 1. The number of carbonyl (C=O) groups is 2. The molecule has 7 nitrogen and oxygen atoms in total. The number of nitrogens with zero attached hydrogens (tertiary/aromatic N) is 1. The summed E-state index contributed by atoms with van der Waals surface area (Å²) in [5.74, 6) is -0.357. The molecule has 8 heteroatoms. The van der Waals surface area contributed by atoms with Crippen molar-refractivity contribution < 1.29 is 27.1 Å². The molecule has 0 aliphatic rings. The number of benzene rings is 1. The van der Waals surface area contributed by atoms with E-state index in [-0.39, 0.29) is 23.1 Å². The van der Waals surface area contributed by atoms with Crippen LogP contribution in [0.25, 0.3) is 5.57 Å². The molecule has 2 aromatic rings. The molecular formula is C18H18N2O5S. The number of allylic oxidation sites excluding steroid dienone is 1. The molecule has 0 unspecified atom stereocenters. The van der Waals surface area contributed by atoms with Crippen LogP contribution in [0.5, 0.6) is 0 Å². The average molecular weight is 374 g/mol. The van der Waals surface area contributed by atoms with Crippen molar-refractivity contribution in [2.45, 2.75) is 25.3 Å². The van der Waals surface area contributed by atoms with Gasteiger partial charge in [-0.15, -0.1) is 0 Å². The SMILES string of the molecule is C/C=C(\C(=O)Nc1ccc(S(=O)(=O)[O-])cc1)c1cc[n+](CC(C)=O)cc1. The molecule has 0 radical (unpaired) electrons. The minimum atomic E-state index is -4.53. The van der Waals surface area contributed by atoms with Crippen LogP contribution in [-0.4, -0.2) is 24.7 Å². The van der Waals surface area contributed by atoms with Gasteiger partial charge in [0.05, 0.1) is 4.90 Å². The maximum absolute atomic E-state index is 12.5. The number of Topliss-reactive ketones (excluding diaryl/α,β-unsaturated/α-hetero) is 1. The summed E-state index contributed by atoms with van der Waals surface area (Å²) in [5, 5.41) is 2.65. The van der Waals surface area contributed by atoms with Gasteiger partial charge in [0.15, 0.2) is 18.2 Å². The van der Waals surface area contributed by atoms with Gasteiger partial charge in [0.25, 0.3) is 5.91 Å². The fourth-order valence-electron chi connectivity index (χ4n) is 2.33. The topological polar surface area (TPSA) is 107 Å². The van der Waals surface area contributed by atoms with Gasteiger partial charge in [-0.3, -0.25) is 9.59 Å². The fourth-order valence-corrected chi connectivity index (χ4v) is 2.80. The van der Waals surface area contributed by atoms with Crippen LogP contribution in [0.1, 0.15) is 19.4 Å². The molecule has 1 amide bonds. The molecule has 0 aliphatic carbocycles. The zero-order valence-corrected chi connectivity index (χ0v) is 15.1. The van der Waals surface area contributed by atoms with Gasteiger partial charge in [0.1, 0.15) is 10.1 Å². The predicted octanol–water partition coefficient (Wildman–Crippen LogP) is 1.51. The molecule has 0 atom stereocenters. The van der Waals surface area contributed by atoms with Crippen LogP contribution in [0.15, 0.2) is 59.8 Å². The minimum absolute atomic E-state index is 0.0234. The molecule has 1 N–H and O–H groups in total. The monoisotopic (exact) mass is 374 g/mol. The summed E-state index contributed by atoms with van der Waals surface area (Å²) < 4.78 is 34.5.